The van der Waals surface area contributed by atoms with Gasteiger partial charge in [-0.3, -0.25) is 9.59 Å². The van der Waals surface area contributed by atoms with E-state index in [0.29, 0.717) is 0 Å². The summed E-state index contributed by atoms with van der Waals surface area (Å²) in [5.41, 5.74) is 10.3. The number of rotatable bonds is 5. The number of ether oxygens (including phenoxy) is 2. The lowest BCUT2D eigenvalue weighted by Gasteiger charge is -2.44. The fourth-order valence-corrected chi connectivity index (χ4v) is 3.58. The number of carbonyl (C=O) groups is 3. The first-order valence-corrected chi connectivity index (χ1v) is 9.21. The second-order valence-corrected chi connectivity index (χ2v) is 7.02. The molecular weight excluding hydrogens is 406 g/mol. The molecule has 0 bridgehead atoms. The highest BCUT2D eigenvalue weighted by molar-refractivity contribution is 5.92. The third kappa shape index (κ3) is 4.39. The number of aliphatic hydroxyl groups excluding tert-OH is 3. The predicted molar refractivity (Wildman–Crippen MR) is 97.5 cm³/mol. The fraction of sp³-hybridized carbons (Fsp3) is 0.733. The molecule has 30 heavy (non-hydrogen) atoms. The number of hydrogen-bond acceptors (Lipinski definition) is 12. The Balaban J connectivity index is 1.80. The van der Waals surface area contributed by atoms with E-state index in [0.717, 1.165) is 0 Å². The number of aliphatic imine (C=N–C) groups is 1. The van der Waals surface area contributed by atoms with E-state index in [1.165, 1.54) is 0 Å². The van der Waals surface area contributed by atoms with Gasteiger partial charge in [0.2, 0.25) is 11.8 Å². The Morgan fingerprint density at radius 2 is 2.10 bits per heavy atom. The second kappa shape index (κ2) is 8.97. The first-order chi connectivity index (χ1) is 14.2. The van der Waals surface area contributed by atoms with Crippen molar-refractivity contribution in [1.29, 1.82) is 0 Å². The van der Waals surface area contributed by atoms with Gasteiger partial charge in [0.15, 0.2) is 24.3 Å². The van der Waals surface area contributed by atoms with Crippen LogP contribution < -0.4 is 32.7 Å². The van der Waals surface area contributed by atoms with Gasteiger partial charge in [0.05, 0.1) is 25.3 Å². The Bertz CT molecular complexity index is 721. The van der Waals surface area contributed by atoms with Crippen LogP contribution in [0.5, 0.6) is 0 Å². The molecule has 3 heterocycles. The number of nitrogens with zero attached hydrogens (tertiary/aromatic N) is 1. The third-order valence-corrected chi connectivity index (χ3v) is 5.02. The standard InChI is InChI=1S/C15H25N7O8/c16-1-6(25)19-9-10(26)11(30-14(17)28)5(3-23)29-13(9)22-15-20-7-4(24)2-18-12(27)8(7)21-15/h4-5,7-11,13,23-24,26H,1-3,16H2,(H2,17,28)(H,18,27)(H,19,25)(H2,20,21,22)/t4-,5-,7-,8+,9-,10-,11-,13-/m1/s1. The number of amides is 3. The van der Waals surface area contributed by atoms with Crippen LogP contribution in [0, 0.1) is 0 Å². The normalized spacial score (nSPS) is 37.9. The highest BCUT2D eigenvalue weighted by Gasteiger charge is 2.49. The second-order valence-electron chi connectivity index (χ2n) is 7.02. The van der Waals surface area contributed by atoms with E-state index in [4.69, 9.17) is 20.9 Å². The van der Waals surface area contributed by atoms with Crippen LogP contribution in [0.1, 0.15) is 0 Å². The zero-order valence-corrected chi connectivity index (χ0v) is 15.7. The number of β-amino-alcohol motifs (C(OH)–C–C–N with tert-alkyl or cyclic N) is 1. The number of piperidine rings is 1. The van der Waals surface area contributed by atoms with Crippen molar-refractivity contribution in [2.45, 2.75) is 48.8 Å². The molecule has 8 atom stereocenters. The summed E-state index contributed by atoms with van der Waals surface area (Å²) >= 11 is 0. The molecule has 2 fully saturated rings. The van der Waals surface area contributed by atoms with Crippen LogP contribution in [-0.2, 0) is 19.1 Å². The molecule has 0 aromatic heterocycles. The number of fused-ring (bicyclic) bond motifs is 1. The molecule has 0 aliphatic carbocycles. The molecule has 3 aliphatic rings. The maximum absolute atomic E-state index is 12.0. The van der Waals surface area contributed by atoms with E-state index in [2.05, 4.69) is 26.3 Å². The third-order valence-electron chi connectivity index (χ3n) is 5.02. The molecular formula is C15H25N7O8. The maximum atomic E-state index is 12.0. The molecule has 0 saturated carbocycles. The van der Waals surface area contributed by atoms with Crippen molar-refractivity contribution < 1.29 is 39.2 Å². The van der Waals surface area contributed by atoms with Crippen LogP contribution in [0.3, 0.4) is 0 Å². The van der Waals surface area contributed by atoms with E-state index < -0.39 is 73.9 Å². The largest absolute Gasteiger partial charge is 0.441 e. The lowest BCUT2D eigenvalue weighted by Crippen LogP contribution is -2.70. The van der Waals surface area contributed by atoms with E-state index in [-0.39, 0.29) is 18.4 Å². The van der Waals surface area contributed by atoms with Crippen molar-refractivity contribution in [1.82, 2.24) is 21.3 Å². The molecule has 3 rings (SSSR count). The van der Waals surface area contributed by atoms with Gasteiger partial charge in [0.1, 0.15) is 18.2 Å². The molecule has 2 saturated heterocycles. The molecule has 3 amide bonds. The summed E-state index contributed by atoms with van der Waals surface area (Å²) in [5, 5.41) is 40.9. The summed E-state index contributed by atoms with van der Waals surface area (Å²) in [6.07, 6.45) is -7.36. The minimum absolute atomic E-state index is 0.0579. The van der Waals surface area contributed by atoms with E-state index in [9.17, 15) is 29.7 Å². The highest BCUT2D eigenvalue weighted by Crippen LogP contribution is 2.23. The predicted octanol–water partition coefficient (Wildman–Crippen LogP) is -6.25. The van der Waals surface area contributed by atoms with E-state index in [1.807, 2.05) is 0 Å². The van der Waals surface area contributed by atoms with Gasteiger partial charge >= 0.3 is 6.09 Å². The van der Waals surface area contributed by atoms with Gasteiger partial charge in [-0.25, -0.2) is 9.79 Å². The lowest BCUT2D eigenvalue weighted by molar-refractivity contribution is -0.198. The fourth-order valence-electron chi connectivity index (χ4n) is 3.58. The van der Waals surface area contributed by atoms with Crippen LogP contribution in [0.15, 0.2) is 4.99 Å². The number of primary amides is 1. The van der Waals surface area contributed by atoms with Crippen LogP contribution in [-0.4, -0.2) is 108 Å². The zero-order valence-electron chi connectivity index (χ0n) is 15.7. The van der Waals surface area contributed by atoms with Crippen molar-refractivity contribution in [2.24, 2.45) is 16.5 Å². The van der Waals surface area contributed by atoms with Crippen LogP contribution in [0.4, 0.5) is 4.79 Å². The van der Waals surface area contributed by atoms with E-state index >= 15 is 0 Å². The minimum Gasteiger partial charge on any atom is -0.441 e. The Morgan fingerprint density at radius 1 is 1.37 bits per heavy atom. The molecule has 0 radical (unpaired) electrons. The molecule has 11 N–H and O–H groups in total. The molecule has 0 aromatic rings. The van der Waals surface area contributed by atoms with Gasteiger partial charge in [-0.15, -0.1) is 0 Å². The molecule has 15 nitrogen and oxygen atoms in total. The van der Waals surface area contributed by atoms with Gasteiger partial charge in [-0.05, 0) is 0 Å². The molecule has 168 valence electrons. The summed E-state index contributed by atoms with van der Waals surface area (Å²) in [7, 11) is 0. The topological polar surface area (TPSA) is 243 Å². The summed E-state index contributed by atoms with van der Waals surface area (Å²) in [6.45, 7) is -0.976. The SMILES string of the molecule is NCC(=O)N[C@@H]1[C@@H](O)[C@H](OC(N)=O)[C@@H](CO)O[C@H]1NC1=N[C@@H]2C(=O)NC[C@@H](O)[C@H]2N1. The monoisotopic (exact) mass is 431 g/mol. The minimum atomic E-state index is -1.53. The zero-order chi connectivity index (χ0) is 22.0. The summed E-state index contributed by atoms with van der Waals surface area (Å²) in [5.74, 6) is -0.953. The van der Waals surface area contributed by atoms with Crippen molar-refractivity contribution in [2.75, 3.05) is 19.7 Å². The first-order valence-electron chi connectivity index (χ1n) is 9.21. The number of nitrogens with two attached hydrogens (primary N) is 2. The Hall–Kier alpha value is -2.72. The number of carbonyl (C=O) groups excluding carboxylic acids is 3. The van der Waals surface area contributed by atoms with Crippen LogP contribution >= 0.6 is 0 Å². The van der Waals surface area contributed by atoms with Gasteiger partial charge in [0.25, 0.3) is 0 Å². The molecule has 0 aromatic carbocycles. The summed E-state index contributed by atoms with van der Waals surface area (Å²) in [4.78, 5) is 39.1. The Labute approximate surface area is 170 Å². The number of guanidine groups is 1. The number of nitrogens with one attached hydrogen (secondary N) is 4. The van der Waals surface area contributed by atoms with E-state index in [1.54, 1.807) is 0 Å². The Kier molecular flexibility index (Phi) is 6.57. The molecule has 0 spiro atoms. The van der Waals surface area contributed by atoms with Gasteiger partial charge in [-0.1, -0.05) is 0 Å². The van der Waals surface area contributed by atoms with Crippen LogP contribution in [0.25, 0.3) is 0 Å². The van der Waals surface area contributed by atoms with Crippen LogP contribution in [0.2, 0.25) is 0 Å². The Morgan fingerprint density at radius 3 is 2.70 bits per heavy atom. The quantitative estimate of drug-likeness (QED) is 0.198. The van der Waals surface area contributed by atoms with Crippen molar-refractivity contribution in [3.05, 3.63) is 0 Å². The van der Waals surface area contributed by atoms with Gasteiger partial charge in [0, 0.05) is 6.54 Å². The van der Waals surface area contributed by atoms with Gasteiger partial charge < -0.3 is 57.5 Å². The van der Waals surface area contributed by atoms with Crippen molar-refractivity contribution in [3.8, 4) is 0 Å². The summed E-state index contributed by atoms with van der Waals surface area (Å²) < 4.78 is 10.5. The first kappa shape index (κ1) is 22.0. The van der Waals surface area contributed by atoms with Gasteiger partial charge in [-0.2, -0.15) is 0 Å². The lowest BCUT2D eigenvalue weighted by atomic mass is 9.95. The number of hydrogen-bond donors (Lipinski definition) is 9. The maximum Gasteiger partial charge on any atom is 0.404 e. The average molecular weight is 431 g/mol. The summed E-state index contributed by atoms with van der Waals surface area (Å²) in [6, 6.07) is -2.76. The molecule has 0 unspecified atom stereocenters. The highest BCUT2D eigenvalue weighted by atomic mass is 16.6. The smallest absolute Gasteiger partial charge is 0.404 e. The van der Waals surface area contributed by atoms with Crippen molar-refractivity contribution in [3.63, 3.8) is 0 Å². The average Bonchev–Trinajstić information content (AvgIpc) is 3.14. The van der Waals surface area contributed by atoms with Crippen molar-refractivity contribution >= 4 is 23.9 Å². The number of aliphatic hydroxyl groups is 3. The molecule has 3 aliphatic heterocycles. The molecule has 15 heteroatoms.